The van der Waals surface area contributed by atoms with Crippen LogP contribution < -0.4 is 0 Å². The molecule has 1 aliphatic heterocycles. The van der Waals surface area contributed by atoms with Crippen molar-refractivity contribution in [1.82, 2.24) is 9.97 Å². The van der Waals surface area contributed by atoms with Gasteiger partial charge in [0.1, 0.15) is 17.0 Å². The zero-order chi connectivity index (χ0) is 18.4. The van der Waals surface area contributed by atoms with Crippen molar-refractivity contribution in [3.05, 3.63) is 22.3 Å². The lowest BCUT2D eigenvalue weighted by Crippen LogP contribution is -2.35. The molecule has 8 heteroatoms. The molecule has 2 aromatic heterocycles. The first-order chi connectivity index (χ1) is 11.7. The normalized spacial score (nSPS) is 20.5. The second-order valence-corrected chi connectivity index (χ2v) is 7.91. The monoisotopic (exact) mass is 364 g/mol. The van der Waals surface area contributed by atoms with Gasteiger partial charge in [-0.15, -0.1) is 0 Å². The minimum atomic E-state index is -0.946. The van der Waals surface area contributed by atoms with Gasteiger partial charge >= 0.3 is 11.9 Å². The fraction of sp³-hybridized carbons (Fsp3) is 0.529. The molecule has 1 unspecified atom stereocenters. The molecule has 25 heavy (non-hydrogen) atoms. The molecule has 0 amide bonds. The molecule has 3 heterocycles. The van der Waals surface area contributed by atoms with Crippen molar-refractivity contribution in [3.8, 4) is 0 Å². The van der Waals surface area contributed by atoms with Crippen LogP contribution in [0.25, 0.3) is 10.3 Å². The summed E-state index contributed by atoms with van der Waals surface area (Å²) in [5.74, 6) is -1.16. The number of esters is 2. The van der Waals surface area contributed by atoms with Crippen LogP contribution in [0, 0.1) is 12.3 Å². The Hall–Kier alpha value is -2.06. The average Bonchev–Trinajstić information content (AvgIpc) is 3.06. The largest absolute Gasteiger partial charge is 0.462 e. The highest BCUT2D eigenvalue weighted by molar-refractivity contribution is 7.18. The number of thiazole rings is 1. The van der Waals surface area contributed by atoms with Gasteiger partial charge in [-0.05, 0) is 13.8 Å². The summed E-state index contributed by atoms with van der Waals surface area (Å²) < 4.78 is 15.9. The number of carbonyl (C=O) groups excluding carboxylic acids is 2. The number of hydrogen-bond donors (Lipinski definition) is 0. The maximum atomic E-state index is 12.8. The van der Waals surface area contributed by atoms with Crippen LogP contribution in [0.3, 0.4) is 0 Å². The van der Waals surface area contributed by atoms with Gasteiger partial charge in [-0.25, -0.2) is 19.6 Å². The van der Waals surface area contributed by atoms with E-state index in [1.807, 2.05) is 27.7 Å². The van der Waals surface area contributed by atoms with Gasteiger partial charge in [-0.3, -0.25) is 0 Å². The Morgan fingerprint density at radius 3 is 2.80 bits per heavy atom. The lowest BCUT2D eigenvalue weighted by molar-refractivity contribution is -0.145. The number of aromatic nitrogens is 2. The topological polar surface area (TPSA) is 87.6 Å². The molecule has 134 valence electrons. The van der Waals surface area contributed by atoms with E-state index in [-0.39, 0.29) is 18.3 Å². The van der Waals surface area contributed by atoms with E-state index in [0.717, 1.165) is 9.84 Å². The van der Waals surface area contributed by atoms with Crippen molar-refractivity contribution in [2.45, 2.75) is 39.9 Å². The van der Waals surface area contributed by atoms with E-state index in [9.17, 15) is 9.59 Å². The Morgan fingerprint density at radius 1 is 1.48 bits per heavy atom. The summed E-state index contributed by atoms with van der Waals surface area (Å²) in [6.45, 7) is 7.56. The Balaban J connectivity index is 2.02. The van der Waals surface area contributed by atoms with E-state index >= 15 is 0 Å². The predicted octanol–water partition coefficient (Wildman–Crippen LogP) is 2.82. The quantitative estimate of drug-likeness (QED) is 0.771. The zero-order valence-corrected chi connectivity index (χ0v) is 15.6. The van der Waals surface area contributed by atoms with Gasteiger partial charge in [-0.1, -0.05) is 25.2 Å². The number of fused-ring (bicyclic) bond motifs is 1. The molecule has 2 atom stereocenters. The summed E-state index contributed by atoms with van der Waals surface area (Å²) in [7, 11) is 1.56. The minimum Gasteiger partial charge on any atom is -0.462 e. The van der Waals surface area contributed by atoms with Crippen LogP contribution in [0.4, 0.5) is 0 Å². The smallest absolute Gasteiger partial charge is 0.348 e. The number of hydrogen-bond acceptors (Lipinski definition) is 8. The SMILES string of the molecule is CO[C@@H](C)c1c(C(=O)OC2C(=O)OCC2(C)C)cnc2sc(C)nc12. The Bertz CT molecular complexity index is 845. The standard InChI is InChI=1S/C17H20N2O5S/c1-8(22-5)11-10(6-18-14-12(11)19-9(2)25-14)15(20)24-13-16(21)23-7-17(13,3)4/h6,8,13H,7H2,1-5H3/t8-,13?/m0/s1. The summed E-state index contributed by atoms with van der Waals surface area (Å²) in [6, 6.07) is 0. The van der Waals surface area contributed by atoms with E-state index < -0.39 is 23.5 Å². The van der Waals surface area contributed by atoms with Gasteiger partial charge in [0.05, 0.1) is 16.7 Å². The molecule has 1 fully saturated rings. The Kier molecular flexibility index (Phi) is 4.51. The summed E-state index contributed by atoms with van der Waals surface area (Å²) >= 11 is 1.44. The molecular formula is C17H20N2O5S. The zero-order valence-electron chi connectivity index (χ0n) is 14.8. The van der Waals surface area contributed by atoms with Gasteiger partial charge in [0.2, 0.25) is 6.10 Å². The Morgan fingerprint density at radius 2 is 2.20 bits per heavy atom. The Labute approximate surface area is 149 Å². The highest BCUT2D eigenvalue weighted by atomic mass is 32.1. The van der Waals surface area contributed by atoms with Gasteiger partial charge in [-0.2, -0.15) is 0 Å². The second-order valence-electron chi connectivity index (χ2n) is 6.73. The molecule has 0 aliphatic carbocycles. The lowest BCUT2D eigenvalue weighted by atomic mass is 9.89. The first kappa shape index (κ1) is 17.8. The molecular weight excluding hydrogens is 344 g/mol. The van der Waals surface area contributed by atoms with Gasteiger partial charge in [0, 0.05) is 24.3 Å². The molecule has 1 aliphatic rings. The van der Waals surface area contributed by atoms with E-state index in [1.165, 1.54) is 17.5 Å². The predicted molar refractivity (Wildman–Crippen MR) is 91.5 cm³/mol. The first-order valence-corrected chi connectivity index (χ1v) is 8.72. The first-order valence-electron chi connectivity index (χ1n) is 7.91. The molecule has 1 saturated heterocycles. The number of nitrogens with zero attached hydrogens (tertiary/aromatic N) is 2. The third kappa shape index (κ3) is 3.11. The molecule has 7 nitrogen and oxygen atoms in total. The van der Waals surface area contributed by atoms with Crippen molar-refractivity contribution in [2.24, 2.45) is 5.41 Å². The van der Waals surface area contributed by atoms with Crippen LogP contribution in [0.5, 0.6) is 0 Å². The van der Waals surface area contributed by atoms with E-state index in [4.69, 9.17) is 14.2 Å². The number of ether oxygens (including phenoxy) is 3. The highest BCUT2D eigenvalue weighted by Crippen LogP contribution is 2.34. The van der Waals surface area contributed by atoms with Crippen molar-refractivity contribution < 1.29 is 23.8 Å². The molecule has 0 spiro atoms. The fourth-order valence-electron chi connectivity index (χ4n) is 2.80. The number of rotatable bonds is 4. The van der Waals surface area contributed by atoms with E-state index in [2.05, 4.69) is 9.97 Å². The van der Waals surface area contributed by atoms with Crippen molar-refractivity contribution in [1.29, 1.82) is 0 Å². The van der Waals surface area contributed by atoms with Crippen LogP contribution >= 0.6 is 11.3 Å². The maximum Gasteiger partial charge on any atom is 0.348 e. The molecule has 0 bridgehead atoms. The molecule has 3 rings (SSSR count). The average molecular weight is 364 g/mol. The fourth-order valence-corrected chi connectivity index (χ4v) is 3.57. The van der Waals surface area contributed by atoms with Crippen molar-refractivity contribution in [2.75, 3.05) is 13.7 Å². The lowest BCUT2D eigenvalue weighted by Gasteiger charge is -2.22. The van der Waals surface area contributed by atoms with Crippen LogP contribution in [-0.2, 0) is 19.0 Å². The number of pyridine rings is 1. The summed E-state index contributed by atoms with van der Waals surface area (Å²) in [5.41, 5.74) is 0.919. The molecule has 2 aromatic rings. The number of methoxy groups -OCH3 is 1. The van der Waals surface area contributed by atoms with Crippen molar-refractivity contribution in [3.63, 3.8) is 0 Å². The van der Waals surface area contributed by atoms with Gasteiger partial charge in [0.15, 0.2) is 0 Å². The van der Waals surface area contributed by atoms with Crippen LogP contribution in [0.15, 0.2) is 6.20 Å². The van der Waals surface area contributed by atoms with Gasteiger partial charge in [0.25, 0.3) is 0 Å². The summed E-state index contributed by atoms with van der Waals surface area (Å²) in [4.78, 5) is 34.2. The molecule has 0 radical (unpaired) electrons. The highest BCUT2D eigenvalue weighted by Gasteiger charge is 2.47. The maximum absolute atomic E-state index is 12.8. The van der Waals surface area contributed by atoms with Gasteiger partial charge < -0.3 is 14.2 Å². The molecule has 0 saturated carbocycles. The molecule has 0 aromatic carbocycles. The summed E-state index contributed by atoms with van der Waals surface area (Å²) in [5, 5.41) is 0.845. The van der Waals surface area contributed by atoms with Crippen LogP contribution in [-0.4, -0.2) is 41.7 Å². The number of carbonyl (C=O) groups is 2. The third-order valence-corrected chi connectivity index (χ3v) is 5.17. The van der Waals surface area contributed by atoms with Crippen molar-refractivity contribution >= 4 is 33.6 Å². The summed E-state index contributed by atoms with van der Waals surface area (Å²) in [6.07, 6.45) is 0.136. The third-order valence-electron chi connectivity index (χ3n) is 4.29. The minimum absolute atomic E-state index is 0.216. The number of aryl methyl sites for hydroxylation is 1. The molecule has 0 N–H and O–H groups in total. The second kappa shape index (κ2) is 6.34. The van der Waals surface area contributed by atoms with E-state index in [1.54, 1.807) is 7.11 Å². The van der Waals surface area contributed by atoms with E-state index in [0.29, 0.717) is 11.1 Å². The van der Waals surface area contributed by atoms with Crippen LogP contribution in [0.1, 0.15) is 47.8 Å². The van der Waals surface area contributed by atoms with Crippen LogP contribution in [0.2, 0.25) is 0 Å². The number of cyclic esters (lactones) is 1.